The van der Waals surface area contributed by atoms with Crippen LogP contribution in [-0.2, 0) is 4.79 Å². The van der Waals surface area contributed by atoms with E-state index in [9.17, 15) is 14.7 Å². The van der Waals surface area contributed by atoms with Crippen LogP contribution >= 0.6 is 0 Å². The number of amides is 1. The minimum atomic E-state index is -0.885. The molecular formula is C29H24N4O3. The van der Waals surface area contributed by atoms with Crippen LogP contribution in [0.3, 0.4) is 0 Å². The molecule has 2 heterocycles. The lowest BCUT2D eigenvalue weighted by molar-refractivity contribution is -0.137. The average Bonchev–Trinajstić information content (AvgIpc) is 3.67. The first-order chi connectivity index (χ1) is 17.6. The predicted octanol–water partition coefficient (Wildman–Crippen LogP) is 5.78. The molecule has 178 valence electrons. The number of carboxylic acids is 1. The maximum absolute atomic E-state index is 13.3. The monoisotopic (exact) mass is 476 g/mol. The standard InChI is InChI=1S/C29H24N4O3/c34-28(35)16-27(19-6-2-1-3-7-19)33-17-30-25-14-20(12-13-26(25)33)31-29(36)22-15-24(18-10-11-18)32-23-9-5-4-8-21(22)23/h1-9,12-15,17-18,27H,10-11,16H2,(H,31,36)(H,34,35). The summed E-state index contributed by atoms with van der Waals surface area (Å²) in [4.78, 5) is 34.2. The molecule has 0 radical (unpaired) electrons. The van der Waals surface area contributed by atoms with Gasteiger partial charge in [0, 0.05) is 22.7 Å². The normalized spacial score (nSPS) is 14.1. The van der Waals surface area contributed by atoms with E-state index in [1.54, 1.807) is 6.33 Å². The van der Waals surface area contributed by atoms with Gasteiger partial charge in [-0.3, -0.25) is 14.6 Å². The molecule has 1 saturated carbocycles. The molecule has 0 spiro atoms. The second-order valence-corrected chi connectivity index (χ2v) is 9.22. The number of aromatic nitrogens is 3. The van der Waals surface area contributed by atoms with E-state index in [1.165, 1.54) is 0 Å². The summed E-state index contributed by atoms with van der Waals surface area (Å²) in [6, 6.07) is 24.3. The van der Waals surface area contributed by atoms with Crippen molar-refractivity contribution in [1.29, 1.82) is 0 Å². The van der Waals surface area contributed by atoms with Crippen LogP contribution in [0.1, 0.15) is 52.8 Å². The Hall–Kier alpha value is -4.52. The Kier molecular flexibility index (Phi) is 5.45. The number of aliphatic carboxylic acids is 1. The summed E-state index contributed by atoms with van der Waals surface area (Å²) in [7, 11) is 0. The number of hydrogen-bond donors (Lipinski definition) is 2. The summed E-state index contributed by atoms with van der Waals surface area (Å²) in [6.07, 6.45) is 3.82. The molecule has 2 N–H and O–H groups in total. The van der Waals surface area contributed by atoms with Crippen molar-refractivity contribution in [3.8, 4) is 0 Å². The summed E-state index contributed by atoms with van der Waals surface area (Å²) >= 11 is 0. The lowest BCUT2D eigenvalue weighted by Gasteiger charge is -2.18. The summed E-state index contributed by atoms with van der Waals surface area (Å²) in [5, 5.41) is 13.4. The fourth-order valence-corrected chi connectivity index (χ4v) is 4.75. The van der Waals surface area contributed by atoms with Gasteiger partial charge in [0.25, 0.3) is 5.91 Å². The van der Waals surface area contributed by atoms with E-state index in [1.807, 2.05) is 83.4 Å². The first-order valence-electron chi connectivity index (χ1n) is 12.0. The van der Waals surface area contributed by atoms with Crippen molar-refractivity contribution in [3.05, 3.63) is 102 Å². The lowest BCUT2D eigenvalue weighted by atomic mass is 10.0. The minimum Gasteiger partial charge on any atom is -0.481 e. The third kappa shape index (κ3) is 4.20. The summed E-state index contributed by atoms with van der Waals surface area (Å²) in [5.74, 6) is -0.642. The summed E-state index contributed by atoms with van der Waals surface area (Å²) in [5.41, 5.74) is 5.41. The van der Waals surface area contributed by atoms with Crippen LogP contribution in [0.5, 0.6) is 0 Å². The first kappa shape index (κ1) is 22.0. The van der Waals surface area contributed by atoms with Gasteiger partial charge in [-0.2, -0.15) is 0 Å². The van der Waals surface area contributed by atoms with E-state index in [0.717, 1.165) is 40.5 Å². The summed E-state index contributed by atoms with van der Waals surface area (Å²) < 4.78 is 1.88. The number of benzene rings is 3. The predicted molar refractivity (Wildman–Crippen MR) is 138 cm³/mol. The zero-order valence-corrected chi connectivity index (χ0v) is 19.5. The zero-order valence-electron chi connectivity index (χ0n) is 19.5. The fourth-order valence-electron chi connectivity index (χ4n) is 4.75. The van der Waals surface area contributed by atoms with Gasteiger partial charge in [-0.1, -0.05) is 48.5 Å². The molecule has 7 nitrogen and oxygen atoms in total. The topological polar surface area (TPSA) is 97.1 Å². The van der Waals surface area contributed by atoms with E-state index in [-0.39, 0.29) is 12.3 Å². The van der Waals surface area contributed by atoms with Crippen molar-refractivity contribution < 1.29 is 14.7 Å². The molecule has 1 unspecified atom stereocenters. The molecule has 1 amide bonds. The molecule has 6 rings (SSSR count). The molecule has 1 aliphatic rings. The number of carbonyl (C=O) groups is 2. The van der Waals surface area contributed by atoms with Crippen molar-refractivity contribution >= 4 is 39.5 Å². The van der Waals surface area contributed by atoms with Crippen molar-refractivity contribution in [1.82, 2.24) is 14.5 Å². The van der Waals surface area contributed by atoms with Crippen molar-refractivity contribution in [2.45, 2.75) is 31.2 Å². The number of anilines is 1. The van der Waals surface area contributed by atoms with E-state index in [0.29, 0.717) is 22.7 Å². The second kappa shape index (κ2) is 8.92. The van der Waals surface area contributed by atoms with Crippen LogP contribution in [0.4, 0.5) is 5.69 Å². The molecule has 2 aromatic heterocycles. The highest BCUT2D eigenvalue weighted by atomic mass is 16.4. The molecule has 36 heavy (non-hydrogen) atoms. The molecular weight excluding hydrogens is 452 g/mol. The Morgan fingerprint density at radius 2 is 1.75 bits per heavy atom. The third-order valence-corrected chi connectivity index (χ3v) is 6.70. The van der Waals surface area contributed by atoms with Gasteiger partial charge in [-0.05, 0) is 48.7 Å². The molecule has 1 atom stereocenters. The Morgan fingerprint density at radius 1 is 0.972 bits per heavy atom. The van der Waals surface area contributed by atoms with Crippen molar-refractivity contribution in [2.75, 3.05) is 5.32 Å². The molecule has 3 aromatic carbocycles. The van der Waals surface area contributed by atoms with Crippen LogP contribution < -0.4 is 5.32 Å². The second-order valence-electron chi connectivity index (χ2n) is 9.22. The molecule has 7 heteroatoms. The Balaban J connectivity index is 1.32. The molecule has 0 bridgehead atoms. The van der Waals surface area contributed by atoms with Crippen LogP contribution in [0, 0.1) is 0 Å². The first-order valence-corrected chi connectivity index (χ1v) is 12.0. The van der Waals surface area contributed by atoms with Gasteiger partial charge in [-0.15, -0.1) is 0 Å². The maximum atomic E-state index is 13.3. The number of rotatable bonds is 7. The van der Waals surface area contributed by atoms with Crippen molar-refractivity contribution in [3.63, 3.8) is 0 Å². The van der Waals surface area contributed by atoms with Crippen LogP contribution in [0.15, 0.2) is 85.2 Å². The third-order valence-electron chi connectivity index (χ3n) is 6.70. The smallest absolute Gasteiger partial charge is 0.305 e. The number of hydrogen-bond acceptors (Lipinski definition) is 4. The highest BCUT2D eigenvalue weighted by molar-refractivity contribution is 6.12. The average molecular weight is 477 g/mol. The van der Waals surface area contributed by atoms with Crippen molar-refractivity contribution in [2.24, 2.45) is 0 Å². The SMILES string of the molecule is O=C(O)CC(c1ccccc1)n1cnc2cc(NC(=O)c3cc(C4CC4)nc4ccccc34)ccc21. The van der Waals surface area contributed by atoms with Crippen LogP contribution in [0.2, 0.25) is 0 Å². The zero-order chi connectivity index (χ0) is 24.6. The molecule has 0 saturated heterocycles. The molecule has 5 aromatic rings. The number of nitrogens with one attached hydrogen (secondary N) is 1. The highest BCUT2D eigenvalue weighted by Crippen LogP contribution is 2.40. The van der Waals surface area contributed by atoms with Gasteiger partial charge in [0.15, 0.2) is 0 Å². The maximum Gasteiger partial charge on any atom is 0.305 e. The van der Waals surface area contributed by atoms with Crippen LogP contribution in [0.25, 0.3) is 21.9 Å². The molecule has 0 aliphatic heterocycles. The minimum absolute atomic E-state index is 0.0631. The van der Waals surface area contributed by atoms with Gasteiger partial charge in [-0.25, -0.2) is 4.98 Å². The van der Waals surface area contributed by atoms with E-state index < -0.39 is 12.0 Å². The fraction of sp³-hybridized carbons (Fsp3) is 0.172. The van der Waals surface area contributed by atoms with Gasteiger partial charge in [0.05, 0.1) is 40.9 Å². The quantitative estimate of drug-likeness (QED) is 0.310. The number of nitrogens with zero attached hydrogens (tertiary/aromatic N) is 3. The Morgan fingerprint density at radius 3 is 2.53 bits per heavy atom. The van der Waals surface area contributed by atoms with Gasteiger partial charge in [0.1, 0.15) is 0 Å². The lowest BCUT2D eigenvalue weighted by Crippen LogP contribution is -2.15. The Bertz CT molecular complexity index is 1610. The van der Waals surface area contributed by atoms with E-state index >= 15 is 0 Å². The van der Waals surface area contributed by atoms with Crippen LogP contribution in [-0.4, -0.2) is 31.5 Å². The number of carbonyl (C=O) groups excluding carboxylic acids is 1. The van der Waals surface area contributed by atoms with Gasteiger partial charge < -0.3 is 15.0 Å². The highest BCUT2D eigenvalue weighted by Gasteiger charge is 2.27. The summed E-state index contributed by atoms with van der Waals surface area (Å²) in [6.45, 7) is 0. The Labute approximate surface area is 207 Å². The number of carboxylic acid groups (broad SMARTS) is 1. The van der Waals surface area contributed by atoms with Gasteiger partial charge in [0.2, 0.25) is 0 Å². The molecule has 1 aliphatic carbocycles. The number of fused-ring (bicyclic) bond motifs is 2. The number of para-hydroxylation sites is 1. The number of imidazole rings is 1. The molecule has 1 fully saturated rings. The number of pyridine rings is 1. The largest absolute Gasteiger partial charge is 0.481 e. The van der Waals surface area contributed by atoms with Gasteiger partial charge >= 0.3 is 5.97 Å². The van der Waals surface area contributed by atoms with E-state index in [4.69, 9.17) is 4.98 Å². The van der Waals surface area contributed by atoms with E-state index in [2.05, 4.69) is 10.3 Å².